The first-order valence-corrected chi connectivity index (χ1v) is 7.04. The van der Waals surface area contributed by atoms with Crippen LogP contribution >= 0.6 is 0 Å². The summed E-state index contributed by atoms with van der Waals surface area (Å²) in [7, 11) is 1.87. The predicted octanol–water partition coefficient (Wildman–Crippen LogP) is 3.88. The lowest BCUT2D eigenvalue weighted by Gasteiger charge is -2.25. The smallest absolute Gasteiger partial charge is 0.146 e. The van der Waals surface area contributed by atoms with Crippen molar-refractivity contribution in [2.45, 2.75) is 32.9 Å². The first-order valence-electron chi connectivity index (χ1n) is 7.04. The van der Waals surface area contributed by atoms with Crippen LogP contribution in [0.15, 0.2) is 42.7 Å². The van der Waals surface area contributed by atoms with E-state index in [0.717, 1.165) is 11.3 Å². The minimum atomic E-state index is -0.230. The van der Waals surface area contributed by atoms with Crippen LogP contribution in [0.4, 0.5) is 15.8 Å². The summed E-state index contributed by atoms with van der Waals surface area (Å²) < 4.78 is 14.0. The molecule has 21 heavy (non-hydrogen) atoms. The molecule has 0 aliphatic heterocycles. The number of benzene rings is 1. The lowest BCUT2D eigenvalue weighted by Crippen LogP contribution is -2.35. The van der Waals surface area contributed by atoms with Gasteiger partial charge in [0.05, 0.1) is 5.69 Å². The molecule has 2 rings (SSSR count). The Hall–Kier alpha value is -1.94. The summed E-state index contributed by atoms with van der Waals surface area (Å²) in [6.45, 7) is 7.03. The Morgan fingerprint density at radius 1 is 1.14 bits per heavy atom. The van der Waals surface area contributed by atoms with Gasteiger partial charge in [-0.15, -0.1) is 0 Å². The first-order chi connectivity index (χ1) is 9.88. The molecule has 2 aromatic rings. The summed E-state index contributed by atoms with van der Waals surface area (Å²) in [4.78, 5) is 6.04. The standard InChI is InChI=1S/C17H22FN3/c1-17(2,3)20-12-13-11-19-10-9-15(13)21(4)16-8-6-5-7-14(16)18/h5-11,20H,12H2,1-4H3. The van der Waals surface area contributed by atoms with Crippen molar-refractivity contribution in [3.63, 3.8) is 0 Å². The Morgan fingerprint density at radius 3 is 2.52 bits per heavy atom. The van der Waals surface area contributed by atoms with E-state index in [1.807, 2.05) is 30.3 Å². The Kier molecular flexibility index (Phi) is 4.58. The molecular formula is C17H22FN3. The molecule has 1 N–H and O–H groups in total. The summed E-state index contributed by atoms with van der Waals surface area (Å²) >= 11 is 0. The number of aromatic nitrogens is 1. The minimum Gasteiger partial charge on any atom is -0.342 e. The van der Waals surface area contributed by atoms with E-state index < -0.39 is 0 Å². The topological polar surface area (TPSA) is 28.2 Å². The molecule has 0 aliphatic rings. The summed E-state index contributed by atoms with van der Waals surface area (Å²) in [5.41, 5.74) is 2.56. The van der Waals surface area contributed by atoms with E-state index >= 15 is 0 Å². The summed E-state index contributed by atoms with van der Waals surface area (Å²) in [5, 5.41) is 3.44. The maximum atomic E-state index is 14.0. The summed E-state index contributed by atoms with van der Waals surface area (Å²) in [6.07, 6.45) is 3.55. The number of para-hydroxylation sites is 1. The second-order valence-electron chi connectivity index (χ2n) is 6.12. The Labute approximate surface area is 125 Å². The molecule has 0 unspecified atom stereocenters. The Morgan fingerprint density at radius 2 is 1.86 bits per heavy atom. The molecule has 0 saturated heterocycles. The number of halogens is 1. The monoisotopic (exact) mass is 287 g/mol. The second kappa shape index (κ2) is 6.22. The Bertz CT molecular complexity index is 605. The van der Waals surface area contributed by atoms with E-state index in [1.54, 1.807) is 18.3 Å². The molecule has 4 heteroatoms. The lowest BCUT2D eigenvalue weighted by atomic mass is 10.1. The van der Waals surface area contributed by atoms with Gasteiger partial charge < -0.3 is 10.2 Å². The highest BCUT2D eigenvalue weighted by molar-refractivity contribution is 5.65. The van der Waals surface area contributed by atoms with Gasteiger partial charge in [0.1, 0.15) is 5.82 Å². The first kappa shape index (κ1) is 15.4. The van der Waals surface area contributed by atoms with Crippen molar-refractivity contribution in [2.75, 3.05) is 11.9 Å². The quantitative estimate of drug-likeness (QED) is 0.925. The molecule has 0 radical (unpaired) electrons. The van der Waals surface area contributed by atoms with Crippen LogP contribution in [0.3, 0.4) is 0 Å². The minimum absolute atomic E-state index is 0.0175. The van der Waals surface area contributed by atoms with Gasteiger partial charge in [0, 0.05) is 42.8 Å². The third-order valence-corrected chi connectivity index (χ3v) is 3.26. The molecule has 0 atom stereocenters. The average molecular weight is 287 g/mol. The fourth-order valence-corrected chi connectivity index (χ4v) is 2.10. The number of hydrogen-bond donors (Lipinski definition) is 1. The van der Waals surface area contributed by atoms with Gasteiger partial charge in [-0.05, 0) is 39.0 Å². The van der Waals surface area contributed by atoms with Crippen LogP contribution in [0, 0.1) is 5.82 Å². The normalized spacial score (nSPS) is 11.5. The molecule has 0 spiro atoms. The fraction of sp³-hybridized carbons (Fsp3) is 0.353. The zero-order chi connectivity index (χ0) is 15.5. The summed E-state index contributed by atoms with van der Waals surface area (Å²) in [6, 6.07) is 8.69. The third kappa shape index (κ3) is 4.02. The van der Waals surface area contributed by atoms with E-state index in [2.05, 4.69) is 31.1 Å². The van der Waals surface area contributed by atoms with Crippen LogP contribution in [0.2, 0.25) is 0 Å². The molecule has 3 nitrogen and oxygen atoms in total. The molecule has 1 aromatic heterocycles. The predicted molar refractivity (Wildman–Crippen MR) is 85.3 cm³/mol. The van der Waals surface area contributed by atoms with Gasteiger partial charge >= 0.3 is 0 Å². The fourth-order valence-electron chi connectivity index (χ4n) is 2.10. The highest BCUT2D eigenvalue weighted by atomic mass is 19.1. The molecule has 0 fully saturated rings. The van der Waals surface area contributed by atoms with Crippen molar-refractivity contribution in [2.24, 2.45) is 0 Å². The zero-order valence-corrected chi connectivity index (χ0v) is 13.0. The number of anilines is 2. The number of nitrogens with one attached hydrogen (secondary N) is 1. The van der Waals surface area contributed by atoms with Crippen LogP contribution in [0.25, 0.3) is 0 Å². The largest absolute Gasteiger partial charge is 0.342 e. The molecule has 1 aromatic carbocycles. The zero-order valence-electron chi connectivity index (χ0n) is 13.0. The van der Waals surface area contributed by atoms with Crippen molar-refractivity contribution >= 4 is 11.4 Å². The van der Waals surface area contributed by atoms with Gasteiger partial charge in [-0.25, -0.2) is 4.39 Å². The maximum Gasteiger partial charge on any atom is 0.146 e. The lowest BCUT2D eigenvalue weighted by molar-refractivity contribution is 0.424. The number of rotatable bonds is 4. The number of pyridine rings is 1. The van der Waals surface area contributed by atoms with Crippen molar-refractivity contribution in [3.05, 3.63) is 54.1 Å². The summed E-state index contributed by atoms with van der Waals surface area (Å²) in [5.74, 6) is -0.230. The van der Waals surface area contributed by atoms with Crippen LogP contribution in [0.5, 0.6) is 0 Å². The number of nitrogens with zero attached hydrogens (tertiary/aromatic N) is 2. The molecule has 1 heterocycles. The number of hydrogen-bond acceptors (Lipinski definition) is 3. The Balaban J connectivity index is 2.29. The van der Waals surface area contributed by atoms with E-state index in [9.17, 15) is 4.39 Å². The van der Waals surface area contributed by atoms with E-state index in [4.69, 9.17) is 0 Å². The van der Waals surface area contributed by atoms with Crippen molar-refractivity contribution < 1.29 is 4.39 Å². The highest BCUT2D eigenvalue weighted by Crippen LogP contribution is 2.28. The maximum absolute atomic E-state index is 14.0. The molecule has 112 valence electrons. The van der Waals surface area contributed by atoms with Gasteiger partial charge in [-0.2, -0.15) is 0 Å². The third-order valence-electron chi connectivity index (χ3n) is 3.26. The van der Waals surface area contributed by atoms with Crippen molar-refractivity contribution in [1.82, 2.24) is 10.3 Å². The highest BCUT2D eigenvalue weighted by Gasteiger charge is 2.15. The SMILES string of the molecule is CN(c1ccccc1F)c1ccncc1CNC(C)(C)C. The van der Waals surface area contributed by atoms with Crippen LogP contribution < -0.4 is 10.2 Å². The van der Waals surface area contributed by atoms with Crippen LogP contribution in [-0.2, 0) is 6.54 Å². The van der Waals surface area contributed by atoms with E-state index in [-0.39, 0.29) is 11.4 Å². The molecule has 0 saturated carbocycles. The molecule has 0 amide bonds. The second-order valence-corrected chi connectivity index (χ2v) is 6.12. The molecule has 0 aliphatic carbocycles. The van der Waals surface area contributed by atoms with Crippen molar-refractivity contribution in [1.29, 1.82) is 0 Å². The average Bonchev–Trinajstić information content (AvgIpc) is 2.44. The van der Waals surface area contributed by atoms with Crippen LogP contribution in [-0.4, -0.2) is 17.6 Å². The van der Waals surface area contributed by atoms with Crippen molar-refractivity contribution in [3.8, 4) is 0 Å². The van der Waals surface area contributed by atoms with Gasteiger partial charge in [0.25, 0.3) is 0 Å². The van der Waals surface area contributed by atoms with Gasteiger partial charge in [0.2, 0.25) is 0 Å². The van der Waals surface area contributed by atoms with E-state index in [0.29, 0.717) is 12.2 Å². The van der Waals surface area contributed by atoms with Gasteiger partial charge in [0.15, 0.2) is 0 Å². The molecular weight excluding hydrogens is 265 g/mol. The van der Waals surface area contributed by atoms with Gasteiger partial charge in [-0.3, -0.25) is 4.98 Å². The van der Waals surface area contributed by atoms with Crippen LogP contribution in [0.1, 0.15) is 26.3 Å². The molecule has 0 bridgehead atoms. The van der Waals surface area contributed by atoms with E-state index in [1.165, 1.54) is 6.07 Å². The van der Waals surface area contributed by atoms with Gasteiger partial charge in [-0.1, -0.05) is 12.1 Å².